The van der Waals surface area contributed by atoms with Crippen molar-refractivity contribution in [2.24, 2.45) is 5.92 Å². The number of likely N-dealkylation sites (tertiary alicyclic amines) is 1. The molecule has 0 radical (unpaired) electrons. The zero-order chi connectivity index (χ0) is 17.1. The highest BCUT2D eigenvalue weighted by atomic mass is 19.2. The van der Waals surface area contributed by atoms with E-state index in [2.05, 4.69) is 5.32 Å². The highest BCUT2D eigenvalue weighted by molar-refractivity contribution is 5.94. The van der Waals surface area contributed by atoms with Crippen LogP contribution < -0.4 is 5.32 Å². The van der Waals surface area contributed by atoms with Gasteiger partial charge in [0.1, 0.15) is 0 Å². The highest BCUT2D eigenvalue weighted by Crippen LogP contribution is 2.22. The maximum absolute atomic E-state index is 13.3. The summed E-state index contributed by atoms with van der Waals surface area (Å²) >= 11 is 0. The molecule has 24 heavy (non-hydrogen) atoms. The second kappa shape index (κ2) is 7.28. The number of carbonyl (C=O) groups excluding carboxylic acids is 2. The number of carbonyl (C=O) groups is 2. The third-order valence-corrected chi connectivity index (χ3v) is 4.95. The van der Waals surface area contributed by atoms with E-state index in [1.54, 1.807) is 4.90 Å². The van der Waals surface area contributed by atoms with Gasteiger partial charge >= 0.3 is 0 Å². The maximum atomic E-state index is 13.3. The first kappa shape index (κ1) is 16.9. The Hall–Kier alpha value is -1.98. The third-order valence-electron chi connectivity index (χ3n) is 4.95. The van der Waals surface area contributed by atoms with Crippen molar-refractivity contribution in [2.45, 2.75) is 44.6 Å². The van der Waals surface area contributed by atoms with E-state index in [-0.39, 0.29) is 29.3 Å². The van der Waals surface area contributed by atoms with Crippen LogP contribution in [0.25, 0.3) is 0 Å². The third kappa shape index (κ3) is 3.74. The van der Waals surface area contributed by atoms with E-state index in [0.29, 0.717) is 13.1 Å². The van der Waals surface area contributed by atoms with Crippen molar-refractivity contribution in [3.63, 3.8) is 0 Å². The lowest BCUT2D eigenvalue weighted by atomic mass is 9.96. The topological polar surface area (TPSA) is 49.4 Å². The molecule has 2 amide bonds. The number of amides is 2. The number of benzene rings is 1. The monoisotopic (exact) mass is 336 g/mol. The fraction of sp³-hybridized carbons (Fsp3) is 0.556. The number of piperidine rings is 1. The molecular weight excluding hydrogens is 314 g/mol. The normalized spacial score (nSPS) is 21.8. The first-order valence-corrected chi connectivity index (χ1v) is 8.59. The maximum Gasteiger partial charge on any atom is 0.253 e. The summed E-state index contributed by atoms with van der Waals surface area (Å²) in [5, 5.41) is 3.08. The summed E-state index contributed by atoms with van der Waals surface area (Å²) in [6.45, 7) is 0.863. The lowest BCUT2D eigenvalue weighted by molar-refractivity contribution is -0.127. The van der Waals surface area contributed by atoms with E-state index in [4.69, 9.17) is 0 Å². The Balaban J connectivity index is 1.62. The molecule has 1 aromatic rings. The van der Waals surface area contributed by atoms with Gasteiger partial charge in [0.25, 0.3) is 5.91 Å². The molecule has 6 heteroatoms. The van der Waals surface area contributed by atoms with Crippen LogP contribution in [0.2, 0.25) is 0 Å². The Labute approximate surface area is 140 Å². The van der Waals surface area contributed by atoms with Gasteiger partial charge in [-0.15, -0.1) is 0 Å². The summed E-state index contributed by atoms with van der Waals surface area (Å²) < 4.78 is 26.3. The van der Waals surface area contributed by atoms with E-state index >= 15 is 0 Å². The number of nitrogens with one attached hydrogen (secondary N) is 1. The fourth-order valence-corrected chi connectivity index (χ4v) is 3.58. The fourth-order valence-electron chi connectivity index (χ4n) is 3.58. The van der Waals surface area contributed by atoms with Crippen LogP contribution in [0.1, 0.15) is 48.9 Å². The van der Waals surface area contributed by atoms with Gasteiger partial charge in [-0.1, -0.05) is 12.8 Å². The van der Waals surface area contributed by atoms with Crippen LogP contribution in [0.15, 0.2) is 18.2 Å². The number of nitrogens with zero attached hydrogens (tertiary/aromatic N) is 1. The van der Waals surface area contributed by atoms with Crippen molar-refractivity contribution >= 4 is 11.8 Å². The smallest absolute Gasteiger partial charge is 0.253 e. The molecule has 2 aliphatic rings. The Kier molecular flexibility index (Phi) is 5.11. The van der Waals surface area contributed by atoms with Gasteiger partial charge in [0.15, 0.2) is 11.6 Å². The average molecular weight is 336 g/mol. The van der Waals surface area contributed by atoms with Gasteiger partial charge < -0.3 is 10.2 Å². The van der Waals surface area contributed by atoms with Gasteiger partial charge in [-0.3, -0.25) is 9.59 Å². The molecule has 1 unspecified atom stereocenters. The van der Waals surface area contributed by atoms with E-state index in [1.165, 1.54) is 6.07 Å². The van der Waals surface area contributed by atoms with Gasteiger partial charge in [0, 0.05) is 24.7 Å². The SMILES string of the molecule is O=C(NC1CCCC1)C1CCCN(C(=O)c2ccc(F)c(F)c2)C1. The molecule has 130 valence electrons. The second-order valence-electron chi connectivity index (χ2n) is 6.71. The molecule has 1 aromatic carbocycles. The molecule has 1 aliphatic heterocycles. The van der Waals surface area contributed by atoms with Crippen molar-refractivity contribution in [3.8, 4) is 0 Å². The molecule has 2 fully saturated rings. The minimum absolute atomic E-state index is 0.00434. The predicted molar refractivity (Wildman–Crippen MR) is 85.4 cm³/mol. The molecule has 1 saturated heterocycles. The largest absolute Gasteiger partial charge is 0.353 e. The molecule has 1 aliphatic carbocycles. The summed E-state index contributed by atoms with van der Waals surface area (Å²) in [5.41, 5.74) is 0.116. The highest BCUT2D eigenvalue weighted by Gasteiger charge is 2.30. The van der Waals surface area contributed by atoms with Crippen LogP contribution >= 0.6 is 0 Å². The van der Waals surface area contributed by atoms with E-state index in [0.717, 1.165) is 50.7 Å². The number of halogens is 2. The van der Waals surface area contributed by atoms with Crippen LogP contribution in [0, 0.1) is 17.6 Å². The zero-order valence-electron chi connectivity index (χ0n) is 13.6. The molecule has 4 nitrogen and oxygen atoms in total. The Morgan fingerprint density at radius 1 is 1.04 bits per heavy atom. The van der Waals surface area contributed by atoms with Gasteiger partial charge in [-0.25, -0.2) is 8.78 Å². The summed E-state index contributed by atoms with van der Waals surface area (Å²) in [6.07, 6.45) is 5.83. The van der Waals surface area contributed by atoms with Crippen molar-refractivity contribution in [1.29, 1.82) is 0 Å². The Morgan fingerprint density at radius 2 is 1.79 bits per heavy atom. The number of rotatable bonds is 3. The first-order valence-electron chi connectivity index (χ1n) is 8.59. The standard InChI is InChI=1S/C18H22F2N2O2/c19-15-8-7-12(10-16(15)20)18(24)22-9-3-4-13(11-22)17(23)21-14-5-1-2-6-14/h7-8,10,13-14H,1-6,9,11H2,(H,21,23). The predicted octanol–water partition coefficient (Wildman–Crippen LogP) is 2.88. The van der Waals surface area contributed by atoms with Gasteiger partial charge in [-0.05, 0) is 43.9 Å². The minimum Gasteiger partial charge on any atom is -0.353 e. The summed E-state index contributed by atoms with van der Waals surface area (Å²) in [5.74, 6) is -2.59. The van der Waals surface area contributed by atoms with Crippen LogP contribution in [-0.2, 0) is 4.79 Å². The summed E-state index contributed by atoms with van der Waals surface area (Å²) in [6, 6.07) is 3.41. The summed E-state index contributed by atoms with van der Waals surface area (Å²) in [4.78, 5) is 26.4. The number of hydrogen-bond acceptors (Lipinski definition) is 2. The lowest BCUT2D eigenvalue weighted by Crippen LogP contribution is -2.47. The molecule has 3 rings (SSSR count). The Bertz CT molecular complexity index is 629. The molecule has 0 spiro atoms. The van der Waals surface area contributed by atoms with Crippen molar-refractivity contribution < 1.29 is 18.4 Å². The van der Waals surface area contributed by atoms with Crippen molar-refractivity contribution in [3.05, 3.63) is 35.4 Å². The second-order valence-corrected chi connectivity index (χ2v) is 6.71. The first-order chi connectivity index (χ1) is 11.5. The zero-order valence-corrected chi connectivity index (χ0v) is 13.6. The van der Waals surface area contributed by atoms with E-state index in [1.807, 2.05) is 0 Å². The minimum atomic E-state index is -1.03. The molecule has 1 atom stereocenters. The average Bonchev–Trinajstić information content (AvgIpc) is 3.10. The van der Waals surface area contributed by atoms with Crippen molar-refractivity contribution in [1.82, 2.24) is 10.2 Å². The Morgan fingerprint density at radius 3 is 2.50 bits per heavy atom. The lowest BCUT2D eigenvalue weighted by Gasteiger charge is -2.32. The van der Waals surface area contributed by atoms with E-state index < -0.39 is 11.6 Å². The van der Waals surface area contributed by atoms with Crippen LogP contribution in [0.5, 0.6) is 0 Å². The number of hydrogen-bond donors (Lipinski definition) is 1. The van der Waals surface area contributed by atoms with Gasteiger partial charge in [0.2, 0.25) is 5.91 Å². The quantitative estimate of drug-likeness (QED) is 0.923. The molecule has 0 bridgehead atoms. The molecule has 1 heterocycles. The van der Waals surface area contributed by atoms with Gasteiger partial charge in [0.05, 0.1) is 5.92 Å². The van der Waals surface area contributed by atoms with Crippen LogP contribution in [-0.4, -0.2) is 35.8 Å². The van der Waals surface area contributed by atoms with Crippen molar-refractivity contribution in [2.75, 3.05) is 13.1 Å². The molecule has 1 N–H and O–H groups in total. The van der Waals surface area contributed by atoms with E-state index in [9.17, 15) is 18.4 Å². The molecule has 1 saturated carbocycles. The van der Waals surface area contributed by atoms with Crippen LogP contribution in [0.3, 0.4) is 0 Å². The van der Waals surface area contributed by atoms with Gasteiger partial charge in [-0.2, -0.15) is 0 Å². The van der Waals surface area contributed by atoms with Crippen LogP contribution in [0.4, 0.5) is 8.78 Å². The summed E-state index contributed by atoms with van der Waals surface area (Å²) in [7, 11) is 0. The molecule has 0 aromatic heterocycles. The molecular formula is C18H22F2N2O2.